The molecule has 0 aromatic carbocycles. The van der Waals surface area contributed by atoms with Gasteiger partial charge in [-0.2, -0.15) is 4.98 Å². The predicted octanol–water partition coefficient (Wildman–Crippen LogP) is 0.648. The zero-order chi connectivity index (χ0) is 15.4. The molecule has 0 amide bonds. The Morgan fingerprint density at radius 3 is 2.76 bits per heavy atom. The van der Waals surface area contributed by atoms with Crippen molar-refractivity contribution in [1.82, 2.24) is 9.88 Å². The maximum atomic E-state index is 11.6. The van der Waals surface area contributed by atoms with E-state index in [-0.39, 0.29) is 11.7 Å². The van der Waals surface area contributed by atoms with Crippen LogP contribution in [0.4, 0.5) is 6.01 Å². The lowest BCUT2D eigenvalue weighted by Gasteiger charge is -2.36. The molecule has 0 spiro atoms. The molecule has 1 aromatic heterocycles. The van der Waals surface area contributed by atoms with Gasteiger partial charge in [0.2, 0.25) is 0 Å². The fourth-order valence-electron chi connectivity index (χ4n) is 2.19. The minimum atomic E-state index is -0.465. The highest BCUT2D eigenvalue weighted by molar-refractivity contribution is 7.80. The lowest BCUT2D eigenvalue weighted by molar-refractivity contribution is 0.0519. The fourth-order valence-corrected chi connectivity index (χ4v) is 2.34. The molecule has 1 fully saturated rings. The number of carbonyl (C=O) groups is 1. The van der Waals surface area contributed by atoms with Crippen molar-refractivity contribution in [2.24, 2.45) is 5.73 Å². The molecule has 1 atom stereocenters. The minimum Gasteiger partial charge on any atom is -0.461 e. The Hall–Kier alpha value is -1.67. The highest BCUT2D eigenvalue weighted by Crippen LogP contribution is 2.17. The molecule has 0 bridgehead atoms. The summed E-state index contributed by atoms with van der Waals surface area (Å²) in [6.45, 7) is 7.19. The predicted molar refractivity (Wildman–Crippen MR) is 82.5 cm³/mol. The summed E-state index contributed by atoms with van der Waals surface area (Å²) in [6, 6.07) is 0.530. The number of hydrogen-bond acceptors (Lipinski definition) is 7. The molecule has 2 rings (SSSR count). The Balaban J connectivity index is 1.93. The molecule has 1 aliphatic heterocycles. The molecule has 8 heteroatoms. The Morgan fingerprint density at radius 2 is 2.19 bits per heavy atom. The van der Waals surface area contributed by atoms with Crippen molar-refractivity contribution in [3.05, 3.63) is 12.0 Å². The Bertz CT molecular complexity index is 511. The molecular weight excluding hydrogens is 292 g/mol. The number of thiocarbonyl (C=S) groups is 1. The van der Waals surface area contributed by atoms with Gasteiger partial charge < -0.3 is 19.8 Å². The summed E-state index contributed by atoms with van der Waals surface area (Å²) in [7, 11) is 0. The highest BCUT2D eigenvalue weighted by Gasteiger charge is 2.25. The summed E-state index contributed by atoms with van der Waals surface area (Å²) >= 11 is 5.02. The number of piperazine rings is 1. The number of carbonyl (C=O) groups excluding carboxylic acids is 1. The van der Waals surface area contributed by atoms with E-state index in [2.05, 4.69) is 9.88 Å². The van der Waals surface area contributed by atoms with Crippen molar-refractivity contribution < 1.29 is 13.9 Å². The van der Waals surface area contributed by atoms with Crippen molar-refractivity contribution in [3.63, 3.8) is 0 Å². The van der Waals surface area contributed by atoms with Gasteiger partial charge in [0.25, 0.3) is 6.01 Å². The summed E-state index contributed by atoms with van der Waals surface area (Å²) in [6.07, 6.45) is 1.33. The molecule has 1 aromatic rings. The van der Waals surface area contributed by atoms with Crippen molar-refractivity contribution in [2.75, 3.05) is 37.7 Å². The summed E-state index contributed by atoms with van der Waals surface area (Å²) in [5.74, 6) is -0.465. The molecule has 0 radical (unpaired) electrons. The van der Waals surface area contributed by atoms with Crippen LogP contribution in [-0.4, -0.2) is 59.7 Å². The quantitative estimate of drug-likeness (QED) is 0.626. The maximum Gasteiger partial charge on any atom is 0.360 e. The lowest BCUT2D eigenvalue weighted by Crippen LogP contribution is -2.52. The molecule has 0 saturated carbocycles. The van der Waals surface area contributed by atoms with Crippen LogP contribution in [0.3, 0.4) is 0 Å². The monoisotopic (exact) mass is 312 g/mol. The molecule has 116 valence electrons. The molecule has 7 nitrogen and oxygen atoms in total. The van der Waals surface area contributed by atoms with E-state index in [1.54, 1.807) is 6.92 Å². The third kappa shape index (κ3) is 3.70. The van der Waals surface area contributed by atoms with Gasteiger partial charge in [0.15, 0.2) is 5.69 Å². The zero-order valence-electron chi connectivity index (χ0n) is 12.2. The molecule has 1 unspecified atom stereocenters. The number of oxazole rings is 1. The fraction of sp³-hybridized carbons (Fsp3) is 0.615. The first-order valence-corrected chi connectivity index (χ1v) is 7.34. The van der Waals surface area contributed by atoms with Crippen LogP contribution in [0.1, 0.15) is 24.3 Å². The van der Waals surface area contributed by atoms with E-state index >= 15 is 0 Å². The van der Waals surface area contributed by atoms with Crippen LogP contribution in [0, 0.1) is 0 Å². The van der Waals surface area contributed by atoms with E-state index in [0.29, 0.717) is 17.6 Å². The molecule has 0 aliphatic carbocycles. The highest BCUT2D eigenvalue weighted by atomic mass is 32.1. The first kappa shape index (κ1) is 15.7. The second kappa shape index (κ2) is 6.86. The summed E-state index contributed by atoms with van der Waals surface area (Å²) in [5.41, 5.74) is 5.87. The number of aromatic nitrogens is 1. The largest absolute Gasteiger partial charge is 0.461 e. The van der Waals surface area contributed by atoms with E-state index < -0.39 is 5.97 Å². The third-order valence-electron chi connectivity index (χ3n) is 3.52. The second-order valence-corrected chi connectivity index (χ2v) is 5.31. The lowest BCUT2D eigenvalue weighted by atomic mass is 10.2. The van der Waals surface area contributed by atoms with E-state index in [1.807, 2.05) is 11.8 Å². The van der Waals surface area contributed by atoms with Gasteiger partial charge >= 0.3 is 5.97 Å². The van der Waals surface area contributed by atoms with Crippen LogP contribution in [-0.2, 0) is 4.74 Å². The smallest absolute Gasteiger partial charge is 0.360 e. The molecular formula is C13H20N4O3S. The van der Waals surface area contributed by atoms with Crippen LogP contribution in [0.15, 0.2) is 10.7 Å². The Kier molecular flexibility index (Phi) is 5.13. The number of nitrogens with two attached hydrogens (primary N) is 1. The van der Waals surface area contributed by atoms with Crippen LogP contribution >= 0.6 is 12.2 Å². The Morgan fingerprint density at radius 1 is 1.52 bits per heavy atom. The number of ether oxygens (including phenoxy) is 1. The van der Waals surface area contributed by atoms with Gasteiger partial charge in [-0.3, -0.25) is 4.90 Å². The number of nitrogens with zero attached hydrogens (tertiary/aromatic N) is 3. The Labute approximate surface area is 129 Å². The third-order valence-corrected chi connectivity index (χ3v) is 3.86. The van der Waals surface area contributed by atoms with Gasteiger partial charge in [0.1, 0.15) is 6.26 Å². The number of anilines is 1. The molecule has 1 saturated heterocycles. The average Bonchev–Trinajstić information content (AvgIpc) is 2.96. The first-order chi connectivity index (χ1) is 10.0. The minimum absolute atomic E-state index is 0.0850. The number of esters is 1. The summed E-state index contributed by atoms with van der Waals surface area (Å²) < 4.78 is 10.2. The van der Waals surface area contributed by atoms with Crippen LogP contribution in [0.2, 0.25) is 0 Å². The van der Waals surface area contributed by atoms with E-state index in [0.717, 1.165) is 26.2 Å². The van der Waals surface area contributed by atoms with Gasteiger partial charge in [-0.25, -0.2) is 4.79 Å². The summed E-state index contributed by atoms with van der Waals surface area (Å²) in [5, 5.41) is 0. The van der Waals surface area contributed by atoms with Gasteiger partial charge in [0.05, 0.1) is 17.6 Å². The van der Waals surface area contributed by atoms with Gasteiger partial charge in [-0.1, -0.05) is 12.2 Å². The number of hydrogen-bond donors (Lipinski definition) is 1. The first-order valence-electron chi connectivity index (χ1n) is 6.94. The molecule has 1 aliphatic rings. The number of rotatable bonds is 5. The molecule has 2 heterocycles. The van der Waals surface area contributed by atoms with Crippen molar-refractivity contribution in [1.29, 1.82) is 0 Å². The SMILES string of the molecule is CCOC(=O)c1coc(N2CCN(C(C)C(N)=S)CC2)n1. The average molecular weight is 312 g/mol. The van der Waals surface area contributed by atoms with E-state index in [1.165, 1.54) is 6.26 Å². The normalized spacial score (nSPS) is 17.5. The van der Waals surface area contributed by atoms with Gasteiger partial charge in [0, 0.05) is 26.2 Å². The standard InChI is InChI=1S/C13H20N4O3S/c1-3-19-12(18)10-8-20-13(15-10)17-6-4-16(5-7-17)9(2)11(14)21/h8-9H,3-7H2,1-2H3,(H2,14,21). The van der Waals surface area contributed by atoms with Crippen molar-refractivity contribution in [3.8, 4) is 0 Å². The van der Waals surface area contributed by atoms with Gasteiger partial charge in [-0.15, -0.1) is 0 Å². The summed E-state index contributed by atoms with van der Waals surface area (Å²) in [4.78, 5) is 20.4. The van der Waals surface area contributed by atoms with E-state index in [4.69, 9.17) is 27.1 Å². The molecule has 21 heavy (non-hydrogen) atoms. The zero-order valence-corrected chi connectivity index (χ0v) is 13.1. The van der Waals surface area contributed by atoms with Gasteiger partial charge in [-0.05, 0) is 13.8 Å². The van der Waals surface area contributed by atoms with E-state index in [9.17, 15) is 4.79 Å². The van der Waals surface area contributed by atoms with Crippen LogP contribution < -0.4 is 10.6 Å². The van der Waals surface area contributed by atoms with Crippen molar-refractivity contribution >= 4 is 29.2 Å². The second-order valence-electron chi connectivity index (χ2n) is 4.84. The topological polar surface area (TPSA) is 84.8 Å². The van der Waals surface area contributed by atoms with Crippen molar-refractivity contribution in [2.45, 2.75) is 19.9 Å². The van der Waals surface area contributed by atoms with Crippen LogP contribution in [0.5, 0.6) is 0 Å². The maximum absolute atomic E-state index is 11.6. The van der Waals surface area contributed by atoms with Crippen LogP contribution in [0.25, 0.3) is 0 Å². The molecule has 2 N–H and O–H groups in total.